The molecular formula is C10H13N3O2S. The normalized spacial score (nSPS) is 11.9. The number of nitrogen functional groups attached to an aromatic ring is 1. The molecule has 0 aromatic carbocycles. The molecule has 2 aromatic rings. The fourth-order valence-corrected chi connectivity index (χ4v) is 1.82. The molecule has 0 spiro atoms. The average Bonchev–Trinajstić information content (AvgIpc) is 2.85. The summed E-state index contributed by atoms with van der Waals surface area (Å²) in [5, 5.41) is 4.62. The number of hydrogen-bond acceptors (Lipinski definition) is 6. The molecule has 2 rings (SSSR count). The fraction of sp³-hybridized carbons (Fsp3) is 0.400. The molecule has 5 nitrogen and oxygen atoms in total. The van der Waals surface area contributed by atoms with E-state index in [-0.39, 0.29) is 0 Å². The summed E-state index contributed by atoms with van der Waals surface area (Å²) in [5.74, 6) is 0.999. The molecule has 2 heterocycles. The van der Waals surface area contributed by atoms with Crippen LogP contribution in [0.15, 0.2) is 16.7 Å². The van der Waals surface area contributed by atoms with Gasteiger partial charge in [0.1, 0.15) is 5.60 Å². The van der Waals surface area contributed by atoms with Crippen LogP contribution >= 0.6 is 11.3 Å². The van der Waals surface area contributed by atoms with Crippen molar-refractivity contribution in [2.75, 3.05) is 12.8 Å². The smallest absolute Gasteiger partial charge is 0.268 e. The van der Waals surface area contributed by atoms with Crippen molar-refractivity contribution in [2.24, 2.45) is 0 Å². The topological polar surface area (TPSA) is 74.2 Å². The molecule has 0 radical (unpaired) electrons. The maximum Gasteiger partial charge on any atom is 0.268 e. The fourth-order valence-electron chi connectivity index (χ4n) is 1.13. The summed E-state index contributed by atoms with van der Waals surface area (Å²) in [4.78, 5) is 5.15. The average molecular weight is 239 g/mol. The second-order valence-electron chi connectivity index (χ2n) is 3.84. The van der Waals surface area contributed by atoms with Crippen LogP contribution in [0.5, 0.6) is 0 Å². The molecule has 0 bridgehead atoms. The van der Waals surface area contributed by atoms with Crippen molar-refractivity contribution < 1.29 is 9.26 Å². The molecule has 0 unspecified atom stereocenters. The second kappa shape index (κ2) is 3.88. The molecule has 0 amide bonds. The van der Waals surface area contributed by atoms with E-state index < -0.39 is 5.60 Å². The minimum absolute atomic E-state index is 0.474. The van der Waals surface area contributed by atoms with E-state index >= 15 is 0 Å². The van der Waals surface area contributed by atoms with Gasteiger partial charge < -0.3 is 15.0 Å². The predicted molar refractivity (Wildman–Crippen MR) is 62.1 cm³/mol. The molecule has 0 saturated carbocycles. The van der Waals surface area contributed by atoms with Crippen LogP contribution in [-0.4, -0.2) is 17.3 Å². The van der Waals surface area contributed by atoms with Crippen LogP contribution in [0.1, 0.15) is 19.7 Å². The summed E-state index contributed by atoms with van der Waals surface area (Å²) in [6.07, 6.45) is 0. The zero-order valence-electron chi connectivity index (χ0n) is 9.35. The van der Waals surface area contributed by atoms with Gasteiger partial charge >= 0.3 is 0 Å². The predicted octanol–water partition coefficient (Wildman–Crippen LogP) is 2.26. The molecule has 16 heavy (non-hydrogen) atoms. The molecule has 6 heteroatoms. The van der Waals surface area contributed by atoms with Crippen LogP contribution < -0.4 is 5.73 Å². The molecule has 0 aliphatic rings. The standard InChI is InChI=1S/C10H13N3O2S/c1-10(2,14-3)9-12-8(15-13-9)6-4-5-7(11)16-6/h4-5H,11H2,1-3H3. The first-order chi connectivity index (χ1) is 7.53. The Bertz CT molecular complexity index is 490. The number of aromatic nitrogens is 2. The number of methoxy groups -OCH3 is 1. The van der Waals surface area contributed by atoms with Crippen molar-refractivity contribution in [1.82, 2.24) is 10.1 Å². The lowest BCUT2D eigenvalue weighted by atomic mass is 10.1. The first-order valence-corrected chi connectivity index (χ1v) is 5.59. The van der Waals surface area contributed by atoms with Crippen molar-refractivity contribution in [1.29, 1.82) is 0 Å². The summed E-state index contributed by atoms with van der Waals surface area (Å²) in [6, 6.07) is 3.67. The van der Waals surface area contributed by atoms with Gasteiger partial charge in [-0.15, -0.1) is 11.3 Å². The van der Waals surface area contributed by atoms with E-state index in [1.807, 2.05) is 26.0 Å². The van der Waals surface area contributed by atoms with E-state index in [2.05, 4.69) is 10.1 Å². The SMILES string of the molecule is COC(C)(C)c1noc(-c2ccc(N)s2)n1. The quantitative estimate of drug-likeness (QED) is 0.889. The highest BCUT2D eigenvalue weighted by Crippen LogP contribution is 2.30. The van der Waals surface area contributed by atoms with Crippen LogP contribution in [0.25, 0.3) is 10.8 Å². The summed E-state index contributed by atoms with van der Waals surface area (Å²) in [7, 11) is 1.61. The third kappa shape index (κ3) is 1.94. The Balaban J connectivity index is 2.33. The van der Waals surface area contributed by atoms with Gasteiger partial charge in [0.2, 0.25) is 5.82 Å². The van der Waals surface area contributed by atoms with E-state index in [0.29, 0.717) is 11.7 Å². The van der Waals surface area contributed by atoms with Gasteiger partial charge in [0.25, 0.3) is 5.89 Å². The summed E-state index contributed by atoms with van der Waals surface area (Å²) in [5.41, 5.74) is 5.09. The Kier molecular flexibility index (Phi) is 2.69. The number of rotatable bonds is 3. The van der Waals surface area contributed by atoms with E-state index in [1.165, 1.54) is 11.3 Å². The van der Waals surface area contributed by atoms with E-state index in [1.54, 1.807) is 7.11 Å². The maximum absolute atomic E-state index is 5.64. The van der Waals surface area contributed by atoms with Crippen molar-refractivity contribution >= 4 is 16.3 Å². The first-order valence-electron chi connectivity index (χ1n) is 4.78. The van der Waals surface area contributed by atoms with Crippen LogP contribution in [-0.2, 0) is 10.3 Å². The van der Waals surface area contributed by atoms with Crippen molar-refractivity contribution in [3.05, 3.63) is 18.0 Å². The van der Waals surface area contributed by atoms with Crippen molar-refractivity contribution in [3.8, 4) is 10.8 Å². The highest BCUT2D eigenvalue weighted by atomic mass is 32.1. The largest absolute Gasteiger partial charge is 0.391 e. The van der Waals surface area contributed by atoms with Crippen LogP contribution in [0.2, 0.25) is 0 Å². The third-order valence-corrected chi connectivity index (χ3v) is 3.21. The molecule has 0 aliphatic carbocycles. The Morgan fingerprint density at radius 2 is 2.19 bits per heavy atom. The Morgan fingerprint density at radius 3 is 2.75 bits per heavy atom. The maximum atomic E-state index is 5.64. The zero-order valence-corrected chi connectivity index (χ0v) is 10.2. The van der Waals surface area contributed by atoms with Gasteiger partial charge in [0, 0.05) is 7.11 Å². The van der Waals surface area contributed by atoms with E-state index in [9.17, 15) is 0 Å². The van der Waals surface area contributed by atoms with Gasteiger partial charge in [-0.1, -0.05) is 5.16 Å². The first kappa shape index (κ1) is 11.1. The van der Waals surface area contributed by atoms with Crippen LogP contribution in [0.3, 0.4) is 0 Å². The van der Waals surface area contributed by atoms with Gasteiger partial charge in [0.05, 0.1) is 9.88 Å². The minimum atomic E-state index is -0.551. The molecule has 0 saturated heterocycles. The zero-order chi connectivity index (χ0) is 11.8. The molecular weight excluding hydrogens is 226 g/mol. The van der Waals surface area contributed by atoms with Crippen molar-refractivity contribution in [2.45, 2.75) is 19.4 Å². The van der Waals surface area contributed by atoms with Crippen LogP contribution in [0, 0.1) is 0 Å². The highest BCUT2D eigenvalue weighted by molar-refractivity contribution is 7.19. The number of thiophene rings is 1. The van der Waals surface area contributed by atoms with E-state index in [0.717, 1.165) is 9.88 Å². The minimum Gasteiger partial charge on any atom is -0.391 e. The molecule has 0 aliphatic heterocycles. The van der Waals surface area contributed by atoms with Crippen molar-refractivity contribution in [3.63, 3.8) is 0 Å². The molecule has 86 valence electrons. The lowest BCUT2D eigenvalue weighted by Crippen LogP contribution is -2.21. The third-order valence-electron chi connectivity index (χ3n) is 2.31. The number of nitrogens with zero attached hydrogens (tertiary/aromatic N) is 2. The Hall–Kier alpha value is -1.40. The Labute approximate surface area is 97.2 Å². The lowest BCUT2D eigenvalue weighted by Gasteiger charge is -2.17. The second-order valence-corrected chi connectivity index (χ2v) is 4.95. The number of nitrogens with two attached hydrogens (primary N) is 1. The number of hydrogen-bond donors (Lipinski definition) is 1. The molecule has 0 fully saturated rings. The summed E-state index contributed by atoms with van der Waals surface area (Å²) >= 11 is 1.41. The van der Waals surface area contributed by atoms with E-state index in [4.69, 9.17) is 15.0 Å². The number of ether oxygens (including phenoxy) is 1. The van der Waals surface area contributed by atoms with Gasteiger partial charge in [-0.3, -0.25) is 0 Å². The van der Waals surface area contributed by atoms with Gasteiger partial charge in [0.15, 0.2) is 0 Å². The number of anilines is 1. The molecule has 2 N–H and O–H groups in total. The van der Waals surface area contributed by atoms with Gasteiger partial charge in [-0.25, -0.2) is 0 Å². The lowest BCUT2D eigenvalue weighted by molar-refractivity contribution is 0.00973. The Morgan fingerprint density at radius 1 is 1.44 bits per heavy atom. The summed E-state index contributed by atoms with van der Waals surface area (Å²) < 4.78 is 10.4. The van der Waals surface area contributed by atoms with Gasteiger partial charge in [-0.05, 0) is 26.0 Å². The summed E-state index contributed by atoms with van der Waals surface area (Å²) in [6.45, 7) is 3.76. The van der Waals surface area contributed by atoms with Gasteiger partial charge in [-0.2, -0.15) is 4.98 Å². The highest BCUT2D eigenvalue weighted by Gasteiger charge is 2.26. The molecule has 0 atom stereocenters. The monoisotopic (exact) mass is 239 g/mol. The molecule has 2 aromatic heterocycles. The van der Waals surface area contributed by atoms with Crippen LogP contribution in [0.4, 0.5) is 5.00 Å².